The fourth-order valence-corrected chi connectivity index (χ4v) is 2.52. The van der Waals surface area contributed by atoms with Gasteiger partial charge in [0.2, 0.25) is 0 Å². The monoisotopic (exact) mass is 387 g/mol. The van der Waals surface area contributed by atoms with Gasteiger partial charge in [-0.1, -0.05) is 18.2 Å². The molecule has 2 aromatic carbocycles. The van der Waals surface area contributed by atoms with Gasteiger partial charge in [0, 0.05) is 24.0 Å². The number of methoxy groups -OCH3 is 1. The molecular weight excluding hydrogens is 371 g/mol. The number of anilines is 2. The van der Waals surface area contributed by atoms with Gasteiger partial charge in [-0.25, -0.2) is 13.2 Å². The number of nitrogens with one attached hydrogen (secondary N) is 2. The molecule has 0 aliphatic rings. The standard InChI is InChI=1S/C20H16F3N3O2/c1-28-17-5-3-2-4-12(17)11-25-13-8-9-24-16(10-13)20(27)26-15-7-6-14(21)18(22)19(15)23/h2-10H,11H2,1H3,(H,24,25)(H,26,27). The van der Waals surface area contributed by atoms with Gasteiger partial charge in [-0.2, -0.15) is 0 Å². The number of nitrogens with zero attached hydrogens (tertiary/aromatic N) is 1. The van der Waals surface area contributed by atoms with E-state index >= 15 is 0 Å². The first-order valence-corrected chi connectivity index (χ1v) is 8.26. The van der Waals surface area contributed by atoms with Crippen LogP contribution in [0, 0.1) is 17.5 Å². The van der Waals surface area contributed by atoms with E-state index in [0.717, 1.165) is 23.4 Å². The van der Waals surface area contributed by atoms with Crippen molar-refractivity contribution in [1.29, 1.82) is 0 Å². The third kappa shape index (κ3) is 4.22. The molecule has 0 atom stereocenters. The van der Waals surface area contributed by atoms with Gasteiger partial charge in [-0.3, -0.25) is 9.78 Å². The number of rotatable bonds is 6. The largest absolute Gasteiger partial charge is 0.496 e. The quantitative estimate of drug-likeness (QED) is 0.617. The zero-order valence-corrected chi connectivity index (χ0v) is 14.8. The highest BCUT2D eigenvalue weighted by molar-refractivity contribution is 6.03. The van der Waals surface area contributed by atoms with Gasteiger partial charge in [-0.05, 0) is 30.3 Å². The number of aromatic nitrogens is 1. The van der Waals surface area contributed by atoms with E-state index in [4.69, 9.17) is 4.74 Å². The van der Waals surface area contributed by atoms with Crippen LogP contribution in [0.4, 0.5) is 24.5 Å². The number of benzene rings is 2. The van der Waals surface area contributed by atoms with Gasteiger partial charge in [0.1, 0.15) is 11.4 Å². The van der Waals surface area contributed by atoms with Crippen LogP contribution in [0.15, 0.2) is 54.7 Å². The number of hydrogen-bond acceptors (Lipinski definition) is 4. The van der Waals surface area contributed by atoms with Crippen LogP contribution in [-0.4, -0.2) is 18.0 Å². The minimum atomic E-state index is -1.65. The SMILES string of the molecule is COc1ccccc1CNc1ccnc(C(=O)Nc2ccc(F)c(F)c2F)c1. The Bertz CT molecular complexity index is 1010. The van der Waals surface area contributed by atoms with Gasteiger partial charge in [0.25, 0.3) is 5.91 Å². The van der Waals surface area contributed by atoms with Crippen molar-refractivity contribution in [3.05, 3.63) is 83.4 Å². The van der Waals surface area contributed by atoms with E-state index in [1.54, 1.807) is 13.2 Å². The highest BCUT2D eigenvalue weighted by Gasteiger charge is 2.16. The molecule has 0 radical (unpaired) electrons. The summed E-state index contributed by atoms with van der Waals surface area (Å²) in [5.41, 5.74) is 1.01. The lowest BCUT2D eigenvalue weighted by atomic mass is 10.2. The molecule has 0 aliphatic heterocycles. The van der Waals surface area contributed by atoms with E-state index in [9.17, 15) is 18.0 Å². The van der Waals surface area contributed by atoms with Gasteiger partial charge in [-0.15, -0.1) is 0 Å². The average Bonchev–Trinajstić information content (AvgIpc) is 2.73. The summed E-state index contributed by atoms with van der Waals surface area (Å²) in [7, 11) is 1.57. The number of ether oxygens (including phenoxy) is 1. The number of halogens is 3. The Kier molecular flexibility index (Phi) is 5.78. The third-order valence-corrected chi connectivity index (χ3v) is 3.95. The zero-order chi connectivity index (χ0) is 20.1. The number of carbonyl (C=O) groups excluding carboxylic acids is 1. The summed E-state index contributed by atoms with van der Waals surface area (Å²) in [6.45, 7) is 0.437. The van der Waals surface area contributed by atoms with Gasteiger partial charge >= 0.3 is 0 Å². The number of para-hydroxylation sites is 1. The van der Waals surface area contributed by atoms with Crippen molar-refractivity contribution in [2.45, 2.75) is 6.54 Å². The molecule has 0 unspecified atom stereocenters. The van der Waals surface area contributed by atoms with E-state index in [0.29, 0.717) is 12.2 Å². The average molecular weight is 387 g/mol. The molecule has 8 heteroatoms. The van der Waals surface area contributed by atoms with Crippen LogP contribution in [0.3, 0.4) is 0 Å². The highest BCUT2D eigenvalue weighted by atomic mass is 19.2. The van der Waals surface area contributed by atoms with Crippen LogP contribution in [-0.2, 0) is 6.54 Å². The van der Waals surface area contributed by atoms with Crippen molar-refractivity contribution in [3.8, 4) is 5.75 Å². The van der Waals surface area contributed by atoms with Crippen LogP contribution in [0.25, 0.3) is 0 Å². The number of hydrogen-bond donors (Lipinski definition) is 2. The number of amides is 1. The first-order valence-electron chi connectivity index (χ1n) is 8.26. The molecule has 0 bridgehead atoms. The smallest absolute Gasteiger partial charge is 0.274 e. The Hall–Kier alpha value is -3.55. The van der Waals surface area contributed by atoms with Gasteiger partial charge in [0.15, 0.2) is 17.5 Å². The summed E-state index contributed by atoms with van der Waals surface area (Å²) in [5.74, 6) is -4.50. The normalized spacial score (nSPS) is 10.4. The highest BCUT2D eigenvalue weighted by Crippen LogP contribution is 2.21. The molecule has 28 heavy (non-hydrogen) atoms. The lowest BCUT2D eigenvalue weighted by molar-refractivity contribution is 0.102. The molecule has 1 aromatic heterocycles. The summed E-state index contributed by atoms with van der Waals surface area (Å²) in [6.07, 6.45) is 1.40. The number of pyridine rings is 1. The molecule has 3 rings (SSSR count). The maximum Gasteiger partial charge on any atom is 0.274 e. The van der Waals surface area contributed by atoms with Crippen molar-refractivity contribution >= 4 is 17.3 Å². The van der Waals surface area contributed by atoms with Crippen molar-refractivity contribution in [1.82, 2.24) is 4.98 Å². The third-order valence-electron chi connectivity index (χ3n) is 3.95. The van der Waals surface area contributed by atoms with E-state index in [2.05, 4.69) is 15.6 Å². The van der Waals surface area contributed by atoms with Gasteiger partial charge in [0.05, 0.1) is 12.8 Å². The summed E-state index contributed by atoms with van der Waals surface area (Å²) >= 11 is 0. The second kappa shape index (κ2) is 8.43. The Morgan fingerprint density at radius 1 is 1.07 bits per heavy atom. The topological polar surface area (TPSA) is 63.2 Å². The van der Waals surface area contributed by atoms with Crippen LogP contribution in [0.2, 0.25) is 0 Å². The molecule has 144 valence electrons. The fourth-order valence-electron chi connectivity index (χ4n) is 2.52. The van der Waals surface area contributed by atoms with Crippen molar-refractivity contribution in [2.24, 2.45) is 0 Å². The van der Waals surface area contributed by atoms with Crippen LogP contribution >= 0.6 is 0 Å². The lowest BCUT2D eigenvalue weighted by Gasteiger charge is -2.11. The van der Waals surface area contributed by atoms with Crippen molar-refractivity contribution in [2.75, 3.05) is 17.7 Å². The molecular formula is C20H16F3N3O2. The Morgan fingerprint density at radius 3 is 2.64 bits per heavy atom. The number of carbonyl (C=O) groups is 1. The molecule has 0 spiro atoms. The Morgan fingerprint density at radius 2 is 1.86 bits per heavy atom. The molecule has 0 aliphatic carbocycles. The minimum Gasteiger partial charge on any atom is -0.496 e. The summed E-state index contributed by atoms with van der Waals surface area (Å²) in [4.78, 5) is 16.2. The molecule has 0 fully saturated rings. The van der Waals surface area contributed by atoms with Crippen LogP contribution in [0.1, 0.15) is 16.1 Å². The van der Waals surface area contributed by atoms with Gasteiger partial charge < -0.3 is 15.4 Å². The van der Waals surface area contributed by atoms with E-state index in [1.165, 1.54) is 12.3 Å². The molecule has 0 saturated heterocycles. The zero-order valence-electron chi connectivity index (χ0n) is 14.8. The summed E-state index contributed by atoms with van der Waals surface area (Å²) in [5, 5.41) is 5.32. The van der Waals surface area contributed by atoms with E-state index < -0.39 is 29.0 Å². The maximum atomic E-state index is 13.7. The Labute approximate surface area is 159 Å². The van der Waals surface area contributed by atoms with E-state index in [-0.39, 0.29) is 5.69 Å². The lowest BCUT2D eigenvalue weighted by Crippen LogP contribution is -2.15. The molecule has 1 heterocycles. The maximum absolute atomic E-state index is 13.7. The fraction of sp³-hybridized carbons (Fsp3) is 0.100. The Balaban J connectivity index is 1.72. The predicted octanol–water partition coefficient (Wildman–Crippen LogP) is 4.37. The van der Waals surface area contributed by atoms with E-state index in [1.807, 2.05) is 24.3 Å². The first-order chi connectivity index (χ1) is 13.5. The molecule has 1 amide bonds. The minimum absolute atomic E-state index is 0.0193. The molecule has 3 aromatic rings. The summed E-state index contributed by atoms with van der Waals surface area (Å²) < 4.78 is 45.3. The van der Waals surface area contributed by atoms with Crippen molar-refractivity contribution < 1.29 is 22.7 Å². The second-order valence-electron chi connectivity index (χ2n) is 5.77. The van der Waals surface area contributed by atoms with Crippen LogP contribution in [0.5, 0.6) is 5.75 Å². The molecule has 2 N–H and O–H groups in total. The summed E-state index contributed by atoms with van der Waals surface area (Å²) in [6, 6.07) is 12.2. The molecule has 0 saturated carbocycles. The molecule has 5 nitrogen and oxygen atoms in total. The first kappa shape index (κ1) is 19.2. The second-order valence-corrected chi connectivity index (χ2v) is 5.77. The predicted molar refractivity (Wildman–Crippen MR) is 98.8 cm³/mol. The van der Waals surface area contributed by atoms with Crippen LogP contribution < -0.4 is 15.4 Å². The van der Waals surface area contributed by atoms with Crippen molar-refractivity contribution in [3.63, 3.8) is 0 Å².